The Morgan fingerprint density at radius 2 is 2.00 bits per heavy atom. The van der Waals surface area contributed by atoms with Crippen LogP contribution >= 0.6 is 0 Å². The van der Waals surface area contributed by atoms with Gasteiger partial charge in [-0.05, 0) is 36.6 Å². The van der Waals surface area contributed by atoms with E-state index in [9.17, 15) is 9.90 Å². The highest BCUT2D eigenvalue weighted by Gasteiger charge is 2.30. The molecule has 20 heavy (non-hydrogen) atoms. The van der Waals surface area contributed by atoms with Crippen molar-refractivity contribution in [2.75, 3.05) is 0 Å². The highest BCUT2D eigenvalue weighted by Crippen LogP contribution is 2.37. The molecule has 1 N–H and O–H groups in total. The van der Waals surface area contributed by atoms with Crippen LogP contribution in [0.4, 0.5) is 0 Å². The van der Waals surface area contributed by atoms with E-state index in [1.54, 1.807) is 0 Å². The van der Waals surface area contributed by atoms with E-state index >= 15 is 0 Å². The largest absolute Gasteiger partial charge is 0.481 e. The van der Waals surface area contributed by atoms with Crippen LogP contribution < -0.4 is 0 Å². The first-order valence-electron chi connectivity index (χ1n) is 7.08. The lowest BCUT2D eigenvalue weighted by atomic mass is 9.79. The molecule has 3 nitrogen and oxygen atoms in total. The van der Waals surface area contributed by atoms with Crippen LogP contribution in [0.2, 0.25) is 0 Å². The second-order valence-corrected chi connectivity index (χ2v) is 6.18. The average molecular weight is 273 g/mol. The molecule has 1 aromatic heterocycles. The molecule has 0 atom stereocenters. The van der Waals surface area contributed by atoms with Gasteiger partial charge in [-0.1, -0.05) is 26.8 Å². The van der Waals surface area contributed by atoms with Crippen molar-refractivity contribution in [3.63, 3.8) is 0 Å². The number of aromatic nitrogens is 1. The van der Waals surface area contributed by atoms with Crippen molar-refractivity contribution >= 4 is 16.9 Å². The average Bonchev–Trinajstić information content (AvgIpc) is 2.60. The quantitative estimate of drug-likeness (QED) is 0.920. The zero-order valence-corrected chi connectivity index (χ0v) is 12.9. The van der Waals surface area contributed by atoms with Crippen molar-refractivity contribution in [1.82, 2.24) is 4.57 Å². The van der Waals surface area contributed by atoms with E-state index in [0.717, 1.165) is 17.7 Å². The van der Waals surface area contributed by atoms with E-state index in [1.165, 1.54) is 16.5 Å². The second kappa shape index (κ2) is 4.97. The Hall–Kier alpha value is -1.77. The van der Waals surface area contributed by atoms with Crippen molar-refractivity contribution in [3.8, 4) is 0 Å². The van der Waals surface area contributed by atoms with E-state index < -0.39 is 5.97 Å². The first kappa shape index (κ1) is 14.6. The Morgan fingerprint density at radius 3 is 2.55 bits per heavy atom. The molecule has 0 saturated carbocycles. The summed E-state index contributed by atoms with van der Waals surface area (Å²) in [6, 6.07) is 6.50. The Balaban J connectivity index is 2.74. The van der Waals surface area contributed by atoms with Gasteiger partial charge in [-0.3, -0.25) is 4.79 Å². The number of carbonyl (C=O) groups is 1. The molecule has 0 aliphatic carbocycles. The van der Waals surface area contributed by atoms with Crippen LogP contribution in [0.25, 0.3) is 10.9 Å². The summed E-state index contributed by atoms with van der Waals surface area (Å²) in [6.45, 7) is 8.24. The number of hydrogen-bond acceptors (Lipinski definition) is 1. The third-order valence-corrected chi connectivity index (χ3v) is 4.23. The van der Waals surface area contributed by atoms with E-state index in [2.05, 4.69) is 36.6 Å². The molecule has 0 fully saturated rings. The molecule has 2 rings (SSSR count). The first-order valence-corrected chi connectivity index (χ1v) is 7.08. The van der Waals surface area contributed by atoms with Gasteiger partial charge in [0.05, 0.1) is 6.42 Å². The van der Waals surface area contributed by atoms with Crippen molar-refractivity contribution < 1.29 is 9.90 Å². The van der Waals surface area contributed by atoms with E-state index in [4.69, 9.17) is 0 Å². The number of carboxylic acids is 1. The molecule has 108 valence electrons. The molecular weight excluding hydrogens is 250 g/mol. The molecule has 0 bridgehead atoms. The molecule has 0 saturated heterocycles. The molecule has 0 amide bonds. The summed E-state index contributed by atoms with van der Waals surface area (Å²) >= 11 is 0. The summed E-state index contributed by atoms with van der Waals surface area (Å²) in [5.74, 6) is -0.752. The first-order chi connectivity index (χ1) is 9.27. The molecule has 1 heterocycles. The Morgan fingerprint density at radius 1 is 1.35 bits per heavy atom. The summed E-state index contributed by atoms with van der Waals surface area (Å²) in [6.07, 6.45) is 1.13. The predicted octanol–water partition coefficient (Wildman–Crippen LogP) is 3.80. The third kappa shape index (κ3) is 2.33. The zero-order chi connectivity index (χ0) is 15.1. The van der Waals surface area contributed by atoms with Crippen LogP contribution in [0.1, 0.15) is 44.0 Å². The van der Waals surface area contributed by atoms with Crippen molar-refractivity contribution in [2.24, 2.45) is 7.05 Å². The van der Waals surface area contributed by atoms with Gasteiger partial charge in [0.15, 0.2) is 0 Å². The fourth-order valence-electron chi connectivity index (χ4n) is 3.16. The minimum Gasteiger partial charge on any atom is -0.481 e. The number of benzene rings is 1. The van der Waals surface area contributed by atoms with Crippen molar-refractivity contribution in [1.29, 1.82) is 0 Å². The van der Waals surface area contributed by atoms with Gasteiger partial charge in [-0.2, -0.15) is 0 Å². The van der Waals surface area contributed by atoms with Gasteiger partial charge in [-0.15, -0.1) is 0 Å². The smallest absolute Gasteiger partial charge is 0.304 e. The van der Waals surface area contributed by atoms with Crippen LogP contribution in [-0.2, 0) is 23.7 Å². The van der Waals surface area contributed by atoms with Crippen molar-refractivity contribution in [2.45, 2.75) is 46.0 Å². The lowest BCUT2D eigenvalue weighted by molar-refractivity contribution is -0.138. The van der Waals surface area contributed by atoms with Gasteiger partial charge in [0, 0.05) is 29.1 Å². The van der Waals surface area contributed by atoms with Gasteiger partial charge in [0.2, 0.25) is 0 Å². The van der Waals surface area contributed by atoms with Crippen molar-refractivity contribution in [3.05, 3.63) is 35.0 Å². The minimum atomic E-state index is -0.752. The Kier molecular flexibility index (Phi) is 3.63. The number of rotatable bonds is 4. The topological polar surface area (TPSA) is 42.2 Å². The summed E-state index contributed by atoms with van der Waals surface area (Å²) < 4.78 is 2.16. The van der Waals surface area contributed by atoms with E-state index in [0.29, 0.717) is 0 Å². The second-order valence-electron chi connectivity index (χ2n) is 6.18. The predicted molar refractivity (Wildman–Crippen MR) is 82.3 cm³/mol. The highest BCUT2D eigenvalue weighted by molar-refractivity contribution is 5.88. The summed E-state index contributed by atoms with van der Waals surface area (Å²) in [7, 11) is 2.05. The molecule has 1 aromatic carbocycles. The monoisotopic (exact) mass is 273 g/mol. The molecule has 3 heteroatoms. The van der Waals surface area contributed by atoms with Gasteiger partial charge in [0.25, 0.3) is 0 Å². The zero-order valence-electron chi connectivity index (χ0n) is 12.9. The maximum atomic E-state index is 11.2. The molecule has 0 aliphatic rings. The number of aryl methyl sites for hydroxylation is 2. The SMILES string of the molecule is CCc1ccc2c(c1)c(C(C)(C)CC(=O)O)c(C)n2C. The normalized spacial score (nSPS) is 12.1. The molecule has 0 unspecified atom stereocenters. The van der Waals surface area contributed by atoms with Gasteiger partial charge in [0.1, 0.15) is 0 Å². The summed E-state index contributed by atoms with van der Waals surface area (Å²) in [4.78, 5) is 11.2. The fourth-order valence-corrected chi connectivity index (χ4v) is 3.16. The van der Waals surface area contributed by atoms with Crippen LogP contribution in [0, 0.1) is 6.92 Å². The van der Waals surface area contributed by atoms with E-state index in [-0.39, 0.29) is 11.8 Å². The number of fused-ring (bicyclic) bond motifs is 1. The number of nitrogens with zero attached hydrogens (tertiary/aromatic N) is 1. The van der Waals surface area contributed by atoms with Crippen LogP contribution in [0.5, 0.6) is 0 Å². The third-order valence-electron chi connectivity index (χ3n) is 4.23. The Labute approximate surface area is 120 Å². The van der Waals surface area contributed by atoms with E-state index in [1.807, 2.05) is 20.9 Å². The summed E-state index contributed by atoms with van der Waals surface area (Å²) in [5.41, 5.74) is 4.40. The Bertz CT molecular complexity index is 665. The standard InChI is InChI=1S/C17H23NO2/c1-6-12-7-8-14-13(9-12)16(11(2)18(14)5)17(3,4)10-15(19)20/h7-9H,6,10H2,1-5H3,(H,19,20). The molecular formula is C17H23NO2. The highest BCUT2D eigenvalue weighted by atomic mass is 16.4. The van der Waals surface area contributed by atoms with Crippen LogP contribution in [0.3, 0.4) is 0 Å². The lowest BCUT2D eigenvalue weighted by Gasteiger charge is -2.24. The van der Waals surface area contributed by atoms with Gasteiger partial charge < -0.3 is 9.67 Å². The van der Waals surface area contributed by atoms with Gasteiger partial charge >= 0.3 is 5.97 Å². The van der Waals surface area contributed by atoms with Crippen LogP contribution in [0.15, 0.2) is 18.2 Å². The van der Waals surface area contributed by atoms with Crippen LogP contribution in [-0.4, -0.2) is 15.6 Å². The number of aliphatic carboxylic acids is 1. The number of hydrogen-bond donors (Lipinski definition) is 1. The number of carboxylic acid groups (broad SMARTS) is 1. The minimum absolute atomic E-state index is 0.142. The summed E-state index contributed by atoms with van der Waals surface area (Å²) in [5, 5.41) is 10.4. The lowest BCUT2D eigenvalue weighted by Crippen LogP contribution is -2.22. The fraction of sp³-hybridized carbons (Fsp3) is 0.471. The maximum absolute atomic E-state index is 11.2. The molecule has 0 spiro atoms. The molecule has 2 aromatic rings. The molecule has 0 aliphatic heterocycles. The van der Waals surface area contributed by atoms with Gasteiger partial charge in [-0.25, -0.2) is 0 Å². The molecule has 0 radical (unpaired) electrons. The maximum Gasteiger partial charge on any atom is 0.304 e.